The smallest absolute Gasteiger partial charge is 0.243 e. The maximum absolute atomic E-state index is 4.66. The topological polar surface area (TPSA) is 69.2 Å². The molecule has 0 bridgehead atoms. The number of nitrogens with one attached hydrogen (secondary N) is 2. The lowest BCUT2D eigenvalue weighted by Crippen LogP contribution is -2.34. The molecule has 23 heavy (non-hydrogen) atoms. The first-order valence-corrected chi connectivity index (χ1v) is 8.99. The van der Waals surface area contributed by atoms with E-state index in [1.54, 1.807) is 0 Å². The van der Waals surface area contributed by atoms with Crippen LogP contribution in [0.25, 0.3) is 0 Å². The van der Waals surface area contributed by atoms with Crippen molar-refractivity contribution < 1.29 is 0 Å². The number of nitrogens with zero attached hydrogens (tertiary/aromatic N) is 5. The van der Waals surface area contributed by atoms with E-state index in [1.807, 2.05) is 0 Å². The van der Waals surface area contributed by atoms with Crippen molar-refractivity contribution in [3.63, 3.8) is 0 Å². The summed E-state index contributed by atoms with van der Waals surface area (Å²) in [4.78, 5) is 18.1. The molecule has 7 heteroatoms. The Kier molecular flexibility index (Phi) is 6.83. The lowest BCUT2D eigenvalue weighted by atomic mass is 10.3. The van der Waals surface area contributed by atoms with Gasteiger partial charge in [0.25, 0.3) is 0 Å². The number of hydrogen-bond donors (Lipinski definition) is 2. The third kappa shape index (κ3) is 4.67. The lowest BCUT2D eigenvalue weighted by Gasteiger charge is -2.24. The first-order chi connectivity index (χ1) is 11.2. The molecular formula is C16H31N7. The van der Waals surface area contributed by atoms with Crippen LogP contribution in [0.4, 0.5) is 17.8 Å². The Labute approximate surface area is 139 Å². The van der Waals surface area contributed by atoms with Crippen LogP contribution in [0.3, 0.4) is 0 Å². The predicted octanol–water partition coefficient (Wildman–Crippen LogP) is 2.42. The second-order valence-corrected chi connectivity index (χ2v) is 5.85. The molecule has 0 unspecified atom stereocenters. The molecule has 0 aliphatic heterocycles. The highest BCUT2D eigenvalue weighted by Gasteiger charge is 2.17. The first kappa shape index (κ1) is 17.7. The minimum Gasteiger partial charge on any atom is -0.341 e. The molecule has 1 aromatic rings. The zero-order valence-electron chi connectivity index (χ0n) is 15.0. The summed E-state index contributed by atoms with van der Waals surface area (Å²) in [5.74, 6) is 2.08. The van der Waals surface area contributed by atoms with Gasteiger partial charge in [-0.15, -0.1) is 0 Å². The molecule has 2 N–H and O–H groups in total. The van der Waals surface area contributed by atoms with Crippen molar-refractivity contribution in [2.75, 3.05) is 41.4 Å². The molecule has 0 spiro atoms. The second-order valence-electron chi connectivity index (χ2n) is 5.85. The van der Waals surface area contributed by atoms with E-state index in [2.05, 4.69) is 63.3 Å². The molecule has 1 heterocycles. The number of aromatic nitrogens is 3. The summed E-state index contributed by atoms with van der Waals surface area (Å²) in [6.07, 6.45) is 5.02. The van der Waals surface area contributed by atoms with Crippen LogP contribution in [-0.4, -0.2) is 47.2 Å². The fourth-order valence-corrected chi connectivity index (χ4v) is 2.94. The molecule has 0 radical (unpaired) electrons. The van der Waals surface area contributed by atoms with Crippen LogP contribution in [0, 0.1) is 0 Å². The van der Waals surface area contributed by atoms with Crippen LogP contribution in [0.5, 0.6) is 0 Å². The number of hydrazine groups is 1. The van der Waals surface area contributed by atoms with Crippen LogP contribution in [0.2, 0.25) is 0 Å². The predicted molar refractivity (Wildman–Crippen MR) is 96.0 cm³/mol. The van der Waals surface area contributed by atoms with Gasteiger partial charge >= 0.3 is 0 Å². The molecule has 1 fully saturated rings. The van der Waals surface area contributed by atoms with Gasteiger partial charge in [-0.2, -0.15) is 15.0 Å². The Balaban J connectivity index is 2.20. The standard InChI is InChI=1S/C16H31N7/c1-5-22(6-2)15-17-14(21-20-13-11-9-10-12-13)18-16(19-15)23(7-3)8-4/h13,20H,5-12H2,1-4H3,(H,17,18,19,21). The van der Waals surface area contributed by atoms with Gasteiger partial charge in [0.2, 0.25) is 17.8 Å². The average Bonchev–Trinajstić information content (AvgIpc) is 3.09. The third-order valence-corrected chi connectivity index (χ3v) is 4.45. The second kappa shape index (κ2) is 8.86. The molecule has 0 amide bonds. The highest BCUT2D eigenvalue weighted by Crippen LogP contribution is 2.19. The summed E-state index contributed by atoms with van der Waals surface area (Å²) in [6, 6.07) is 0.514. The minimum absolute atomic E-state index is 0.514. The maximum Gasteiger partial charge on any atom is 0.243 e. The van der Waals surface area contributed by atoms with Gasteiger partial charge in [-0.05, 0) is 40.5 Å². The Morgan fingerprint density at radius 1 is 0.826 bits per heavy atom. The summed E-state index contributed by atoms with van der Waals surface area (Å²) in [7, 11) is 0. The van der Waals surface area contributed by atoms with Crippen molar-refractivity contribution >= 4 is 17.8 Å². The van der Waals surface area contributed by atoms with Crippen LogP contribution >= 0.6 is 0 Å². The van der Waals surface area contributed by atoms with Gasteiger partial charge in [-0.3, -0.25) is 5.43 Å². The summed E-state index contributed by atoms with van der Waals surface area (Å²) in [5, 5.41) is 0. The fraction of sp³-hybridized carbons (Fsp3) is 0.812. The Morgan fingerprint density at radius 2 is 1.30 bits per heavy atom. The van der Waals surface area contributed by atoms with Crippen molar-refractivity contribution in [2.45, 2.75) is 59.4 Å². The van der Waals surface area contributed by atoms with Crippen molar-refractivity contribution in [3.8, 4) is 0 Å². The largest absolute Gasteiger partial charge is 0.341 e. The van der Waals surface area contributed by atoms with E-state index in [9.17, 15) is 0 Å². The average molecular weight is 321 g/mol. The zero-order chi connectivity index (χ0) is 16.7. The normalized spacial score (nSPS) is 15.0. The van der Waals surface area contributed by atoms with Gasteiger partial charge in [0.15, 0.2) is 0 Å². The molecule has 2 rings (SSSR count). The Bertz CT molecular complexity index is 435. The van der Waals surface area contributed by atoms with Gasteiger partial charge in [-0.25, -0.2) is 5.43 Å². The monoisotopic (exact) mass is 321 g/mol. The van der Waals surface area contributed by atoms with Gasteiger partial charge in [0.05, 0.1) is 0 Å². The molecule has 1 saturated carbocycles. The summed E-state index contributed by atoms with van der Waals surface area (Å²) >= 11 is 0. The molecule has 1 aromatic heterocycles. The van der Waals surface area contributed by atoms with Crippen molar-refractivity contribution in [1.82, 2.24) is 20.4 Å². The Morgan fingerprint density at radius 3 is 1.74 bits per heavy atom. The van der Waals surface area contributed by atoms with Gasteiger partial charge in [0.1, 0.15) is 0 Å². The molecule has 0 saturated heterocycles. The minimum atomic E-state index is 0.514. The number of hydrogen-bond acceptors (Lipinski definition) is 7. The highest BCUT2D eigenvalue weighted by atomic mass is 15.5. The van der Waals surface area contributed by atoms with Crippen molar-refractivity contribution in [2.24, 2.45) is 0 Å². The molecule has 130 valence electrons. The first-order valence-electron chi connectivity index (χ1n) is 8.99. The summed E-state index contributed by atoms with van der Waals surface area (Å²) in [6.45, 7) is 12.0. The number of anilines is 3. The maximum atomic E-state index is 4.66. The van der Waals surface area contributed by atoms with Gasteiger partial charge in [0, 0.05) is 32.2 Å². The fourth-order valence-electron chi connectivity index (χ4n) is 2.94. The molecule has 7 nitrogen and oxygen atoms in total. The van der Waals surface area contributed by atoms with Gasteiger partial charge < -0.3 is 9.80 Å². The quantitative estimate of drug-likeness (QED) is 0.677. The van der Waals surface area contributed by atoms with Crippen LogP contribution in [0.1, 0.15) is 53.4 Å². The van der Waals surface area contributed by atoms with Crippen LogP contribution < -0.4 is 20.7 Å². The lowest BCUT2D eigenvalue weighted by molar-refractivity contribution is 0.572. The third-order valence-electron chi connectivity index (χ3n) is 4.45. The van der Waals surface area contributed by atoms with E-state index in [1.165, 1.54) is 25.7 Å². The van der Waals surface area contributed by atoms with E-state index in [0.717, 1.165) is 38.1 Å². The van der Waals surface area contributed by atoms with E-state index in [-0.39, 0.29) is 0 Å². The summed E-state index contributed by atoms with van der Waals surface area (Å²) in [5.41, 5.74) is 6.57. The molecule has 0 atom stereocenters. The van der Waals surface area contributed by atoms with Crippen LogP contribution in [-0.2, 0) is 0 Å². The Hall–Kier alpha value is -1.63. The van der Waals surface area contributed by atoms with Gasteiger partial charge in [-0.1, -0.05) is 12.8 Å². The van der Waals surface area contributed by atoms with E-state index in [4.69, 9.17) is 0 Å². The zero-order valence-corrected chi connectivity index (χ0v) is 15.0. The van der Waals surface area contributed by atoms with E-state index in [0.29, 0.717) is 12.0 Å². The molecule has 1 aliphatic carbocycles. The van der Waals surface area contributed by atoms with E-state index >= 15 is 0 Å². The molecule has 0 aromatic carbocycles. The van der Waals surface area contributed by atoms with Crippen LogP contribution in [0.15, 0.2) is 0 Å². The van der Waals surface area contributed by atoms with Crippen molar-refractivity contribution in [3.05, 3.63) is 0 Å². The highest BCUT2D eigenvalue weighted by molar-refractivity contribution is 5.44. The molecular weight excluding hydrogens is 290 g/mol. The van der Waals surface area contributed by atoms with Crippen molar-refractivity contribution in [1.29, 1.82) is 0 Å². The molecule has 1 aliphatic rings. The SMILES string of the molecule is CCN(CC)c1nc(NNC2CCCC2)nc(N(CC)CC)n1. The number of rotatable bonds is 9. The summed E-state index contributed by atoms with van der Waals surface area (Å²) < 4.78 is 0. The van der Waals surface area contributed by atoms with E-state index < -0.39 is 0 Å².